The minimum absolute atomic E-state index is 0.219. The van der Waals surface area contributed by atoms with E-state index in [9.17, 15) is 119 Å². The second-order valence-electron chi connectivity index (χ2n) is 12.3. The standard InChI is InChI=1S/C21H21F27O3Si3/c1-52(7-4-10(22,23)13(28,29)16(34,35)19(40,41)42)49-53(2,8-5-11(24,25)14(30,31)17(36,37)20(43,44)45)51-54(3,50-52)9-6-12(26,27)15(32,33)18(38,39)21(46,47)48/h4-9H2,1-3H3. The highest BCUT2D eigenvalue weighted by atomic mass is 28.5. The summed E-state index contributed by atoms with van der Waals surface area (Å²) >= 11 is 0. The van der Waals surface area contributed by atoms with E-state index >= 15 is 0 Å². The van der Waals surface area contributed by atoms with Crippen LogP contribution < -0.4 is 0 Å². The number of rotatable bonds is 15. The van der Waals surface area contributed by atoms with E-state index in [1.54, 1.807) is 0 Å². The largest absolute Gasteiger partial charge is 0.460 e. The van der Waals surface area contributed by atoms with Gasteiger partial charge in [0.2, 0.25) is 0 Å². The van der Waals surface area contributed by atoms with Gasteiger partial charge in [0.1, 0.15) is 0 Å². The number of alkyl halides is 27. The van der Waals surface area contributed by atoms with Gasteiger partial charge in [0, 0.05) is 19.3 Å². The summed E-state index contributed by atoms with van der Waals surface area (Å²) in [6, 6.07) is -6.39. The average molecular weight is 919 g/mol. The smallest absolute Gasteiger partial charge is 0.416 e. The fourth-order valence-corrected chi connectivity index (χ4v) is 21.9. The second-order valence-corrected chi connectivity index (χ2v) is 23.0. The maximum absolute atomic E-state index is 14.3. The third kappa shape index (κ3) is 8.87. The fraction of sp³-hybridized carbons (Fsp3) is 1.00. The molecule has 0 aromatic heterocycles. The molecule has 1 rings (SSSR count). The first kappa shape index (κ1) is 50.7. The fourth-order valence-electron chi connectivity index (χ4n) is 4.59. The molecule has 1 aliphatic rings. The van der Waals surface area contributed by atoms with Crippen molar-refractivity contribution in [2.45, 2.75) is 129 Å². The molecule has 0 aromatic rings. The monoisotopic (exact) mass is 918 g/mol. The molecule has 0 aromatic carbocycles. The highest BCUT2D eigenvalue weighted by molar-refractivity contribution is 6.93. The van der Waals surface area contributed by atoms with E-state index in [1.807, 2.05) is 0 Å². The minimum Gasteiger partial charge on any atom is -0.416 e. The van der Waals surface area contributed by atoms with Crippen molar-refractivity contribution >= 4 is 25.7 Å². The van der Waals surface area contributed by atoms with Crippen molar-refractivity contribution in [3.8, 4) is 0 Å². The van der Waals surface area contributed by atoms with Crippen LogP contribution in [0.4, 0.5) is 119 Å². The maximum atomic E-state index is 14.3. The van der Waals surface area contributed by atoms with Crippen molar-refractivity contribution in [1.29, 1.82) is 0 Å². The zero-order valence-electron chi connectivity index (χ0n) is 26.2. The van der Waals surface area contributed by atoms with E-state index < -0.39 is 135 Å². The zero-order valence-corrected chi connectivity index (χ0v) is 29.2. The molecule has 0 unspecified atom stereocenters. The Labute approximate surface area is 286 Å². The molecular formula is C21H21F27O3Si3. The Balaban J connectivity index is 3.72. The topological polar surface area (TPSA) is 27.7 Å². The molecule has 54 heavy (non-hydrogen) atoms. The molecule has 0 N–H and O–H groups in total. The predicted molar refractivity (Wildman–Crippen MR) is 129 cm³/mol. The van der Waals surface area contributed by atoms with Gasteiger partial charge in [0.05, 0.1) is 0 Å². The lowest BCUT2D eigenvalue weighted by molar-refractivity contribution is -0.396. The van der Waals surface area contributed by atoms with Crippen molar-refractivity contribution in [2.24, 2.45) is 0 Å². The molecule has 1 heterocycles. The van der Waals surface area contributed by atoms with E-state index in [4.69, 9.17) is 12.3 Å². The molecule has 0 atom stereocenters. The molecule has 0 aliphatic carbocycles. The average Bonchev–Trinajstić information content (AvgIpc) is 2.91. The van der Waals surface area contributed by atoms with Gasteiger partial charge in [-0.1, -0.05) is 0 Å². The van der Waals surface area contributed by atoms with Crippen LogP contribution >= 0.6 is 0 Å². The Bertz CT molecular complexity index is 1160. The molecule has 0 bridgehead atoms. The zero-order chi connectivity index (χ0) is 43.9. The Morgan fingerprint density at radius 2 is 0.426 bits per heavy atom. The normalized spacial score (nSPS) is 25.7. The van der Waals surface area contributed by atoms with Gasteiger partial charge < -0.3 is 12.3 Å². The van der Waals surface area contributed by atoms with E-state index in [2.05, 4.69) is 0 Å². The first-order valence-corrected chi connectivity index (χ1v) is 21.3. The van der Waals surface area contributed by atoms with Crippen LogP contribution in [0.2, 0.25) is 37.8 Å². The number of hydrogen-bond donors (Lipinski definition) is 0. The van der Waals surface area contributed by atoms with Crippen LogP contribution in [0.3, 0.4) is 0 Å². The Hall–Kier alpha value is -1.36. The first-order chi connectivity index (χ1) is 23.0. The molecule has 3 nitrogen and oxygen atoms in total. The summed E-state index contributed by atoms with van der Waals surface area (Å²) in [6.07, 6.45) is -31.0. The summed E-state index contributed by atoms with van der Waals surface area (Å²) in [7, 11) is -16.4. The summed E-state index contributed by atoms with van der Waals surface area (Å²) in [5.74, 6) is -64.4. The molecular weight excluding hydrogens is 897 g/mol. The predicted octanol–water partition coefficient (Wildman–Crippen LogP) is 11.8. The second kappa shape index (κ2) is 13.9. The third-order valence-electron chi connectivity index (χ3n) is 7.60. The van der Waals surface area contributed by atoms with Crippen LogP contribution in [-0.4, -0.2) is 97.5 Å². The first-order valence-electron chi connectivity index (χ1n) is 13.7. The summed E-state index contributed by atoms with van der Waals surface area (Å²) in [4.78, 5) is 0. The third-order valence-corrected chi connectivity index (χ3v) is 21.4. The SMILES string of the molecule is C[Si]1(CCC(F)(F)C(F)(F)C(F)(F)C(F)(F)F)O[Si](C)(CCC(F)(F)C(F)(F)C(F)(F)C(F)(F)F)O[Si](C)(CCC(F)(F)C(F)(F)C(F)(F)C(F)(F)F)O1. The van der Waals surface area contributed by atoms with Gasteiger partial charge in [-0.3, -0.25) is 0 Å². The van der Waals surface area contributed by atoms with Crippen LogP contribution in [0.15, 0.2) is 0 Å². The Morgan fingerprint density at radius 1 is 0.278 bits per heavy atom. The van der Waals surface area contributed by atoms with Gasteiger partial charge in [0.25, 0.3) is 0 Å². The van der Waals surface area contributed by atoms with Gasteiger partial charge in [-0.2, -0.15) is 119 Å². The van der Waals surface area contributed by atoms with Crippen molar-refractivity contribution in [1.82, 2.24) is 0 Å². The maximum Gasteiger partial charge on any atom is 0.460 e. The van der Waals surface area contributed by atoms with Crippen LogP contribution in [0.5, 0.6) is 0 Å². The molecule has 1 saturated heterocycles. The van der Waals surface area contributed by atoms with Crippen molar-refractivity contribution < 1.29 is 131 Å². The van der Waals surface area contributed by atoms with Gasteiger partial charge in [-0.05, 0) is 37.8 Å². The Morgan fingerprint density at radius 3 is 0.556 bits per heavy atom. The van der Waals surface area contributed by atoms with Gasteiger partial charge in [-0.25, -0.2) is 0 Å². The molecule has 0 saturated carbocycles. The van der Waals surface area contributed by atoms with Crippen molar-refractivity contribution in [2.75, 3.05) is 0 Å². The van der Waals surface area contributed by atoms with Crippen molar-refractivity contribution in [3.63, 3.8) is 0 Å². The van der Waals surface area contributed by atoms with E-state index in [-0.39, 0.29) is 19.6 Å². The van der Waals surface area contributed by atoms with Crippen LogP contribution in [0.25, 0.3) is 0 Å². The van der Waals surface area contributed by atoms with Crippen molar-refractivity contribution in [3.05, 3.63) is 0 Å². The number of hydrogen-bond acceptors (Lipinski definition) is 3. The van der Waals surface area contributed by atoms with E-state index in [0.717, 1.165) is 0 Å². The molecule has 1 aliphatic heterocycles. The highest BCUT2D eigenvalue weighted by Gasteiger charge is 2.84. The quantitative estimate of drug-likeness (QED) is 0.121. The lowest BCUT2D eigenvalue weighted by Gasteiger charge is -2.51. The lowest BCUT2D eigenvalue weighted by Crippen LogP contribution is -2.69. The molecule has 0 radical (unpaired) electrons. The Kier molecular flexibility index (Phi) is 13.0. The minimum atomic E-state index is -7.54. The molecule has 0 spiro atoms. The lowest BCUT2D eigenvalue weighted by atomic mass is 10.0. The highest BCUT2D eigenvalue weighted by Crippen LogP contribution is 2.58. The number of halogens is 27. The molecule has 1 fully saturated rings. The summed E-state index contributed by atoms with van der Waals surface area (Å²) < 4.78 is 376. The summed E-state index contributed by atoms with van der Waals surface area (Å²) in [6.45, 7) is 0.658. The van der Waals surface area contributed by atoms with Gasteiger partial charge in [0.15, 0.2) is 0 Å². The van der Waals surface area contributed by atoms with Gasteiger partial charge >= 0.3 is 97.5 Å². The molecule has 0 amide bonds. The van der Waals surface area contributed by atoms with E-state index in [1.165, 1.54) is 0 Å². The van der Waals surface area contributed by atoms with Gasteiger partial charge in [-0.15, -0.1) is 0 Å². The molecule has 33 heteroatoms. The van der Waals surface area contributed by atoms with Crippen LogP contribution in [-0.2, 0) is 12.3 Å². The summed E-state index contributed by atoms with van der Waals surface area (Å²) in [5, 5.41) is 0. The summed E-state index contributed by atoms with van der Waals surface area (Å²) in [5.41, 5.74) is 0. The molecule has 324 valence electrons. The van der Waals surface area contributed by atoms with Crippen LogP contribution in [0, 0.1) is 0 Å². The van der Waals surface area contributed by atoms with Crippen LogP contribution in [0.1, 0.15) is 19.3 Å². The van der Waals surface area contributed by atoms with E-state index in [0.29, 0.717) is 0 Å².